The van der Waals surface area contributed by atoms with E-state index in [9.17, 15) is 4.79 Å². The van der Waals surface area contributed by atoms with Crippen molar-refractivity contribution in [2.24, 2.45) is 0 Å². The van der Waals surface area contributed by atoms with Crippen LogP contribution in [0, 0.1) is 13.8 Å². The van der Waals surface area contributed by atoms with Gasteiger partial charge in [0.2, 0.25) is 5.91 Å². The largest absolute Gasteiger partial charge is 0.441 e. The van der Waals surface area contributed by atoms with Gasteiger partial charge in [-0.15, -0.1) is 11.8 Å². The minimum atomic E-state index is -0.0369. The number of benzene rings is 2. The van der Waals surface area contributed by atoms with E-state index in [1.54, 1.807) is 6.92 Å². The lowest BCUT2D eigenvalue weighted by Crippen LogP contribution is -2.13. The van der Waals surface area contributed by atoms with Gasteiger partial charge in [-0.2, -0.15) is 0 Å². The third-order valence-electron chi connectivity index (χ3n) is 3.17. The van der Waals surface area contributed by atoms with E-state index in [2.05, 4.69) is 10.3 Å². The summed E-state index contributed by atoms with van der Waals surface area (Å²) in [4.78, 5) is 17.4. The molecule has 0 bridgehead atoms. The van der Waals surface area contributed by atoms with Crippen LogP contribution in [0.4, 0.5) is 5.69 Å². The summed E-state index contributed by atoms with van der Waals surface area (Å²) in [5, 5.41) is 2.88. The number of carbonyl (C=O) groups is 1. The Morgan fingerprint density at radius 1 is 1.18 bits per heavy atom. The SMILES string of the molecule is Cc1ccc(SCC(=O)Nc2ccc3oc(C)nc3c2)cc1. The molecule has 1 heterocycles. The number of hydrogen-bond donors (Lipinski definition) is 1. The molecule has 0 aliphatic carbocycles. The van der Waals surface area contributed by atoms with Crippen LogP contribution >= 0.6 is 11.8 Å². The zero-order chi connectivity index (χ0) is 15.5. The number of fused-ring (bicyclic) bond motifs is 1. The summed E-state index contributed by atoms with van der Waals surface area (Å²) in [5.74, 6) is 0.956. The molecule has 0 unspecified atom stereocenters. The smallest absolute Gasteiger partial charge is 0.234 e. The first-order valence-electron chi connectivity index (χ1n) is 6.97. The highest BCUT2D eigenvalue weighted by molar-refractivity contribution is 8.00. The molecule has 0 atom stereocenters. The first-order valence-corrected chi connectivity index (χ1v) is 7.95. The maximum Gasteiger partial charge on any atom is 0.234 e. The van der Waals surface area contributed by atoms with Crippen molar-refractivity contribution in [3.05, 3.63) is 53.9 Å². The minimum Gasteiger partial charge on any atom is -0.441 e. The van der Waals surface area contributed by atoms with E-state index in [4.69, 9.17) is 4.42 Å². The molecule has 0 saturated carbocycles. The maximum absolute atomic E-state index is 12.0. The number of thioether (sulfide) groups is 1. The molecule has 3 rings (SSSR count). The minimum absolute atomic E-state index is 0.0369. The van der Waals surface area contributed by atoms with Gasteiger partial charge in [0.15, 0.2) is 11.5 Å². The third-order valence-corrected chi connectivity index (χ3v) is 4.18. The van der Waals surface area contributed by atoms with E-state index in [0.29, 0.717) is 11.6 Å². The van der Waals surface area contributed by atoms with Gasteiger partial charge in [0.25, 0.3) is 0 Å². The second kappa shape index (κ2) is 6.23. The normalized spacial score (nSPS) is 10.8. The molecule has 1 amide bonds. The fourth-order valence-electron chi connectivity index (χ4n) is 2.10. The summed E-state index contributed by atoms with van der Waals surface area (Å²) < 4.78 is 5.41. The number of nitrogens with one attached hydrogen (secondary N) is 1. The quantitative estimate of drug-likeness (QED) is 0.734. The zero-order valence-electron chi connectivity index (χ0n) is 12.4. The van der Waals surface area contributed by atoms with Crippen LogP contribution in [-0.4, -0.2) is 16.6 Å². The highest BCUT2D eigenvalue weighted by Crippen LogP contribution is 2.21. The van der Waals surface area contributed by atoms with E-state index < -0.39 is 0 Å². The lowest BCUT2D eigenvalue weighted by molar-refractivity contribution is -0.113. The Labute approximate surface area is 132 Å². The predicted molar refractivity (Wildman–Crippen MR) is 89.3 cm³/mol. The molecule has 0 spiro atoms. The van der Waals surface area contributed by atoms with Crippen molar-refractivity contribution in [1.29, 1.82) is 0 Å². The topological polar surface area (TPSA) is 55.1 Å². The molecule has 4 nitrogen and oxygen atoms in total. The number of nitrogens with zero attached hydrogens (tertiary/aromatic N) is 1. The van der Waals surface area contributed by atoms with Crippen LogP contribution < -0.4 is 5.32 Å². The van der Waals surface area contributed by atoms with Gasteiger partial charge >= 0.3 is 0 Å². The van der Waals surface area contributed by atoms with Crippen molar-refractivity contribution in [3.8, 4) is 0 Å². The first kappa shape index (κ1) is 14.7. The van der Waals surface area contributed by atoms with Crippen molar-refractivity contribution in [1.82, 2.24) is 4.98 Å². The summed E-state index contributed by atoms with van der Waals surface area (Å²) in [6.07, 6.45) is 0. The fraction of sp³-hybridized carbons (Fsp3) is 0.176. The molecule has 0 aliphatic rings. The summed E-state index contributed by atoms with van der Waals surface area (Å²) in [6, 6.07) is 13.6. The Morgan fingerprint density at radius 2 is 1.95 bits per heavy atom. The van der Waals surface area contributed by atoms with Gasteiger partial charge in [-0.25, -0.2) is 4.98 Å². The Kier molecular flexibility index (Phi) is 4.15. The lowest BCUT2D eigenvalue weighted by Gasteiger charge is -2.05. The molecule has 1 N–H and O–H groups in total. The van der Waals surface area contributed by atoms with Crippen LogP contribution in [0.1, 0.15) is 11.5 Å². The van der Waals surface area contributed by atoms with Gasteiger partial charge in [-0.3, -0.25) is 4.79 Å². The Morgan fingerprint density at radius 3 is 2.73 bits per heavy atom. The molecule has 0 fully saturated rings. The van der Waals surface area contributed by atoms with Crippen molar-refractivity contribution < 1.29 is 9.21 Å². The predicted octanol–water partition coefficient (Wildman–Crippen LogP) is 4.18. The molecule has 0 aliphatic heterocycles. The summed E-state index contributed by atoms with van der Waals surface area (Å²) in [7, 11) is 0. The summed E-state index contributed by atoms with van der Waals surface area (Å²) in [5.41, 5.74) is 3.42. The van der Waals surface area contributed by atoms with Crippen molar-refractivity contribution >= 4 is 34.5 Å². The first-order chi connectivity index (χ1) is 10.6. The molecule has 112 valence electrons. The molecule has 1 aromatic heterocycles. The molecule has 5 heteroatoms. The molecular weight excluding hydrogens is 296 g/mol. The van der Waals surface area contributed by atoms with E-state index in [0.717, 1.165) is 21.7 Å². The van der Waals surface area contributed by atoms with E-state index >= 15 is 0 Å². The molecular formula is C17H16N2O2S. The van der Waals surface area contributed by atoms with Gasteiger partial charge in [-0.1, -0.05) is 17.7 Å². The summed E-state index contributed by atoms with van der Waals surface area (Å²) >= 11 is 1.52. The number of rotatable bonds is 4. The summed E-state index contributed by atoms with van der Waals surface area (Å²) in [6.45, 7) is 3.85. The van der Waals surface area contributed by atoms with Gasteiger partial charge in [0.05, 0.1) is 5.75 Å². The standard InChI is InChI=1S/C17H16N2O2S/c1-11-3-6-14(7-4-11)22-10-17(20)19-13-5-8-16-15(9-13)18-12(2)21-16/h3-9H,10H2,1-2H3,(H,19,20). The number of aromatic nitrogens is 1. The fourth-order valence-corrected chi connectivity index (χ4v) is 2.80. The highest BCUT2D eigenvalue weighted by Gasteiger charge is 2.07. The number of carbonyl (C=O) groups excluding carboxylic acids is 1. The highest BCUT2D eigenvalue weighted by atomic mass is 32.2. The van der Waals surface area contributed by atoms with Crippen LogP contribution in [0.5, 0.6) is 0 Å². The van der Waals surface area contributed by atoms with Crippen LogP contribution in [0.3, 0.4) is 0 Å². The van der Waals surface area contributed by atoms with Crippen molar-refractivity contribution in [2.45, 2.75) is 18.7 Å². The van der Waals surface area contributed by atoms with Crippen LogP contribution in [0.25, 0.3) is 11.1 Å². The monoisotopic (exact) mass is 312 g/mol. The van der Waals surface area contributed by atoms with Crippen LogP contribution in [-0.2, 0) is 4.79 Å². The average molecular weight is 312 g/mol. The molecule has 2 aromatic carbocycles. The van der Waals surface area contributed by atoms with Gasteiger partial charge in [-0.05, 0) is 37.3 Å². The van der Waals surface area contributed by atoms with Crippen molar-refractivity contribution in [3.63, 3.8) is 0 Å². The number of amides is 1. The molecule has 0 radical (unpaired) electrons. The molecule has 0 saturated heterocycles. The number of aryl methyl sites for hydroxylation is 2. The van der Waals surface area contributed by atoms with Gasteiger partial charge in [0.1, 0.15) is 5.52 Å². The molecule has 22 heavy (non-hydrogen) atoms. The number of oxazole rings is 1. The Hall–Kier alpha value is -2.27. The van der Waals surface area contributed by atoms with Gasteiger partial charge in [0, 0.05) is 17.5 Å². The number of anilines is 1. The second-order valence-corrected chi connectivity index (χ2v) is 6.11. The van der Waals surface area contributed by atoms with Crippen molar-refractivity contribution in [2.75, 3.05) is 11.1 Å². The van der Waals surface area contributed by atoms with E-state index in [1.807, 2.05) is 49.4 Å². The number of hydrogen-bond acceptors (Lipinski definition) is 4. The molecule has 3 aromatic rings. The second-order valence-electron chi connectivity index (χ2n) is 5.07. The van der Waals surface area contributed by atoms with Crippen LogP contribution in [0.2, 0.25) is 0 Å². The Balaban J connectivity index is 1.61. The lowest BCUT2D eigenvalue weighted by atomic mass is 10.2. The zero-order valence-corrected chi connectivity index (χ0v) is 13.2. The van der Waals surface area contributed by atoms with E-state index in [-0.39, 0.29) is 5.91 Å². The van der Waals surface area contributed by atoms with Crippen LogP contribution in [0.15, 0.2) is 51.8 Å². The van der Waals surface area contributed by atoms with Gasteiger partial charge < -0.3 is 9.73 Å². The maximum atomic E-state index is 12.0. The average Bonchev–Trinajstić information content (AvgIpc) is 2.86. The van der Waals surface area contributed by atoms with E-state index in [1.165, 1.54) is 17.3 Å². The third kappa shape index (κ3) is 3.49. The Bertz CT molecular complexity index is 809.